The minimum atomic E-state index is 0.658. The van der Waals surface area contributed by atoms with E-state index in [1.54, 1.807) is 14.2 Å². The standard InChI is InChI=1S/C17H29NO3/c1-4-5-15(14-18-11-13-19-2)10-12-21-17-8-6-16(20-3)7-9-17/h6-9,15,18H,4-5,10-14H2,1-3H3. The predicted molar refractivity (Wildman–Crippen MR) is 86.2 cm³/mol. The van der Waals surface area contributed by atoms with E-state index in [4.69, 9.17) is 14.2 Å². The highest BCUT2D eigenvalue weighted by Gasteiger charge is 2.08. The Balaban J connectivity index is 2.24. The molecule has 1 atom stereocenters. The largest absolute Gasteiger partial charge is 0.497 e. The number of benzene rings is 1. The van der Waals surface area contributed by atoms with Gasteiger partial charge in [-0.3, -0.25) is 0 Å². The van der Waals surface area contributed by atoms with Crippen LogP contribution in [0.1, 0.15) is 26.2 Å². The van der Waals surface area contributed by atoms with Crippen LogP contribution < -0.4 is 14.8 Å². The summed E-state index contributed by atoms with van der Waals surface area (Å²) in [5.41, 5.74) is 0. The minimum absolute atomic E-state index is 0.658. The third-order valence-corrected chi connectivity index (χ3v) is 3.47. The molecule has 0 aliphatic rings. The van der Waals surface area contributed by atoms with E-state index < -0.39 is 0 Å². The Morgan fingerprint density at radius 2 is 1.71 bits per heavy atom. The summed E-state index contributed by atoms with van der Waals surface area (Å²) in [6.45, 7) is 5.69. The van der Waals surface area contributed by atoms with E-state index in [-0.39, 0.29) is 0 Å². The Hall–Kier alpha value is -1.26. The minimum Gasteiger partial charge on any atom is -0.497 e. The van der Waals surface area contributed by atoms with Crippen molar-refractivity contribution in [3.8, 4) is 11.5 Å². The number of hydrogen-bond acceptors (Lipinski definition) is 4. The number of methoxy groups -OCH3 is 2. The molecule has 0 aromatic heterocycles. The van der Waals surface area contributed by atoms with Crippen LogP contribution in [0.15, 0.2) is 24.3 Å². The lowest BCUT2D eigenvalue weighted by atomic mass is 10.0. The Labute approximate surface area is 128 Å². The van der Waals surface area contributed by atoms with Gasteiger partial charge in [0, 0.05) is 13.7 Å². The maximum Gasteiger partial charge on any atom is 0.119 e. The highest BCUT2D eigenvalue weighted by Crippen LogP contribution is 2.18. The molecule has 0 saturated carbocycles. The average Bonchev–Trinajstić information content (AvgIpc) is 2.52. The molecule has 0 fully saturated rings. The Kier molecular flexibility index (Phi) is 9.66. The summed E-state index contributed by atoms with van der Waals surface area (Å²) >= 11 is 0. The number of ether oxygens (including phenoxy) is 3. The summed E-state index contributed by atoms with van der Waals surface area (Å²) in [5, 5.41) is 3.44. The van der Waals surface area contributed by atoms with E-state index in [1.165, 1.54) is 12.8 Å². The van der Waals surface area contributed by atoms with Gasteiger partial charge in [0.2, 0.25) is 0 Å². The van der Waals surface area contributed by atoms with Gasteiger partial charge in [0.1, 0.15) is 11.5 Å². The van der Waals surface area contributed by atoms with Gasteiger partial charge in [0.15, 0.2) is 0 Å². The molecular weight excluding hydrogens is 266 g/mol. The van der Waals surface area contributed by atoms with Crippen molar-refractivity contribution in [1.82, 2.24) is 5.32 Å². The third-order valence-electron chi connectivity index (χ3n) is 3.47. The van der Waals surface area contributed by atoms with Crippen LogP contribution in [0.4, 0.5) is 0 Å². The molecule has 0 aliphatic heterocycles. The fraction of sp³-hybridized carbons (Fsp3) is 0.647. The van der Waals surface area contributed by atoms with Gasteiger partial charge < -0.3 is 19.5 Å². The zero-order valence-electron chi connectivity index (χ0n) is 13.6. The Morgan fingerprint density at radius 1 is 1.00 bits per heavy atom. The summed E-state index contributed by atoms with van der Waals surface area (Å²) in [6, 6.07) is 7.74. The van der Waals surface area contributed by atoms with Crippen molar-refractivity contribution in [1.29, 1.82) is 0 Å². The quantitative estimate of drug-likeness (QED) is 0.601. The highest BCUT2D eigenvalue weighted by atomic mass is 16.5. The molecule has 0 saturated heterocycles. The second-order valence-electron chi connectivity index (χ2n) is 5.16. The van der Waals surface area contributed by atoms with Crippen molar-refractivity contribution in [3.63, 3.8) is 0 Å². The molecule has 1 aromatic rings. The molecule has 0 heterocycles. The van der Waals surface area contributed by atoms with Crippen LogP contribution in [0.25, 0.3) is 0 Å². The molecule has 1 N–H and O–H groups in total. The van der Waals surface area contributed by atoms with E-state index in [9.17, 15) is 0 Å². The number of hydrogen-bond donors (Lipinski definition) is 1. The Bertz CT molecular complexity index is 354. The van der Waals surface area contributed by atoms with Crippen molar-refractivity contribution < 1.29 is 14.2 Å². The molecule has 1 aromatic carbocycles. The number of rotatable bonds is 12. The van der Waals surface area contributed by atoms with E-state index in [2.05, 4.69) is 12.2 Å². The van der Waals surface area contributed by atoms with Crippen molar-refractivity contribution in [2.45, 2.75) is 26.2 Å². The predicted octanol–water partition coefficient (Wildman–Crippen LogP) is 3.12. The van der Waals surface area contributed by atoms with Crippen molar-refractivity contribution in [3.05, 3.63) is 24.3 Å². The fourth-order valence-corrected chi connectivity index (χ4v) is 2.25. The van der Waals surface area contributed by atoms with Crippen LogP contribution in [0, 0.1) is 5.92 Å². The molecular formula is C17H29NO3. The molecule has 0 bridgehead atoms. The maximum absolute atomic E-state index is 5.80. The maximum atomic E-state index is 5.80. The average molecular weight is 295 g/mol. The lowest BCUT2D eigenvalue weighted by molar-refractivity contribution is 0.195. The van der Waals surface area contributed by atoms with E-state index in [0.29, 0.717) is 5.92 Å². The van der Waals surface area contributed by atoms with Gasteiger partial charge in [-0.15, -0.1) is 0 Å². The topological polar surface area (TPSA) is 39.7 Å². The summed E-state index contributed by atoms with van der Waals surface area (Å²) in [4.78, 5) is 0. The van der Waals surface area contributed by atoms with Crippen LogP contribution in [0.2, 0.25) is 0 Å². The zero-order valence-corrected chi connectivity index (χ0v) is 13.6. The van der Waals surface area contributed by atoms with Gasteiger partial charge in [0.05, 0.1) is 20.3 Å². The first-order chi connectivity index (χ1) is 10.3. The molecule has 4 nitrogen and oxygen atoms in total. The van der Waals surface area contributed by atoms with Crippen LogP contribution in [0.3, 0.4) is 0 Å². The first-order valence-corrected chi connectivity index (χ1v) is 7.76. The van der Waals surface area contributed by atoms with Crippen molar-refractivity contribution in [2.24, 2.45) is 5.92 Å². The van der Waals surface area contributed by atoms with Crippen LogP contribution in [-0.2, 0) is 4.74 Å². The smallest absolute Gasteiger partial charge is 0.119 e. The lowest BCUT2D eigenvalue weighted by Gasteiger charge is -2.17. The van der Waals surface area contributed by atoms with Gasteiger partial charge in [-0.2, -0.15) is 0 Å². The van der Waals surface area contributed by atoms with Gasteiger partial charge in [0.25, 0.3) is 0 Å². The van der Waals surface area contributed by atoms with E-state index in [0.717, 1.165) is 44.2 Å². The molecule has 120 valence electrons. The van der Waals surface area contributed by atoms with E-state index >= 15 is 0 Å². The van der Waals surface area contributed by atoms with Crippen LogP contribution in [0.5, 0.6) is 11.5 Å². The molecule has 0 aliphatic carbocycles. The molecule has 1 unspecified atom stereocenters. The summed E-state index contributed by atoms with van der Waals surface area (Å²) in [5.74, 6) is 2.41. The molecule has 0 amide bonds. The lowest BCUT2D eigenvalue weighted by Crippen LogP contribution is -2.27. The molecule has 21 heavy (non-hydrogen) atoms. The van der Waals surface area contributed by atoms with Crippen molar-refractivity contribution >= 4 is 0 Å². The normalized spacial score (nSPS) is 12.1. The monoisotopic (exact) mass is 295 g/mol. The summed E-state index contributed by atoms with van der Waals surface area (Å²) in [6.07, 6.45) is 3.50. The highest BCUT2D eigenvalue weighted by molar-refractivity contribution is 5.31. The number of nitrogens with one attached hydrogen (secondary N) is 1. The SMILES string of the molecule is CCCC(CCOc1ccc(OC)cc1)CNCCOC. The summed E-state index contributed by atoms with van der Waals surface area (Å²) < 4.78 is 16.0. The van der Waals surface area contributed by atoms with Crippen LogP contribution in [-0.4, -0.2) is 40.5 Å². The molecule has 0 radical (unpaired) electrons. The molecule has 1 rings (SSSR count). The van der Waals surface area contributed by atoms with Gasteiger partial charge >= 0.3 is 0 Å². The van der Waals surface area contributed by atoms with Gasteiger partial charge in [-0.05, 0) is 49.6 Å². The van der Waals surface area contributed by atoms with E-state index in [1.807, 2.05) is 24.3 Å². The molecule has 0 spiro atoms. The van der Waals surface area contributed by atoms with Gasteiger partial charge in [-0.25, -0.2) is 0 Å². The summed E-state index contributed by atoms with van der Waals surface area (Å²) in [7, 11) is 3.40. The van der Waals surface area contributed by atoms with Crippen molar-refractivity contribution in [2.75, 3.05) is 40.5 Å². The second-order valence-corrected chi connectivity index (χ2v) is 5.16. The van der Waals surface area contributed by atoms with Gasteiger partial charge in [-0.1, -0.05) is 13.3 Å². The van der Waals surface area contributed by atoms with Crippen LogP contribution >= 0.6 is 0 Å². The second kappa shape index (κ2) is 11.4. The zero-order chi connectivity index (χ0) is 15.3. The first kappa shape index (κ1) is 17.8. The Morgan fingerprint density at radius 3 is 2.33 bits per heavy atom. The molecule has 4 heteroatoms. The first-order valence-electron chi connectivity index (χ1n) is 7.76. The fourth-order valence-electron chi connectivity index (χ4n) is 2.25. The third kappa shape index (κ3) is 7.93.